The Morgan fingerprint density at radius 1 is 1.29 bits per heavy atom. The molecule has 0 saturated carbocycles. The van der Waals surface area contributed by atoms with E-state index in [1.54, 1.807) is 0 Å². The molecule has 3 saturated heterocycles. The van der Waals surface area contributed by atoms with E-state index >= 15 is 0 Å². The summed E-state index contributed by atoms with van der Waals surface area (Å²) in [6, 6.07) is 7.77. The van der Waals surface area contributed by atoms with Crippen LogP contribution in [-0.2, 0) is 0 Å². The number of piperidine rings is 3. The summed E-state index contributed by atoms with van der Waals surface area (Å²) >= 11 is 0. The first-order valence-corrected chi connectivity index (χ1v) is 8.02. The number of hydrogen-bond acceptors (Lipinski definition) is 3. The highest BCUT2D eigenvalue weighted by Crippen LogP contribution is 2.27. The third kappa shape index (κ3) is 3.38. The van der Waals surface area contributed by atoms with Crippen molar-refractivity contribution < 1.29 is 9.53 Å². The van der Waals surface area contributed by atoms with Gasteiger partial charge in [-0.25, -0.2) is 0 Å². The number of hydrogen-bond donors (Lipinski definition) is 1. The minimum atomic E-state index is 0.0378. The summed E-state index contributed by atoms with van der Waals surface area (Å²) in [6.45, 7) is 6.19. The maximum absolute atomic E-state index is 12.3. The van der Waals surface area contributed by atoms with Crippen LogP contribution in [0.2, 0.25) is 0 Å². The second kappa shape index (κ2) is 6.48. The number of carbonyl (C=O) groups is 1. The molecule has 0 aliphatic carbocycles. The lowest BCUT2D eigenvalue weighted by molar-refractivity contribution is 0.0620. The van der Waals surface area contributed by atoms with E-state index in [0.29, 0.717) is 18.6 Å². The summed E-state index contributed by atoms with van der Waals surface area (Å²) in [6.07, 6.45) is 3.42. The fourth-order valence-corrected chi connectivity index (χ4v) is 3.30. The van der Waals surface area contributed by atoms with Crippen LogP contribution >= 0.6 is 0 Å². The normalized spacial score (nSPS) is 27.4. The van der Waals surface area contributed by atoms with Crippen molar-refractivity contribution in [2.45, 2.75) is 32.2 Å². The molecule has 3 aliphatic heterocycles. The monoisotopic (exact) mass is 288 g/mol. The Labute approximate surface area is 126 Å². The molecule has 1 aromatic rings. The van der Waals surface area contributed by atoms with Gasteiger partial charge >= 0.3 is 0 Å². The molecule has 0 radical (unpaired) electrons. The molecule has 1 amide bonds. The molecule has 1 atom stereocenters. The number of fused-ring (bicyclic) bond motifs is 3. The maximum Gasteiger partial charge on any atom is 0.251 e. The van der Waals surface area contributed by atoms with Crippen molar-refractivity contribution in [3.05, 3.63) is 29.8 Å². The van der Waals surface area contributed by atoms with Crippen molar-refractivity contribution in [1.29, 1.82) is 0 Å². The van der Waals surface area contributed by atoms with Crippen LogP contribution in [0.15, 0.2) is 24.3 Å². The Morgan fingerprint density at radius 3 is 2.57 bits per heavy atom. The Balaban J connectivity index is 1.57. The lowest BCUT2D eigenvalue weighted by Crippen LogP contribution is -2.57. The van der Waals surface area contributed by atoms with Gasteiger partial charge < -0.3 is 15.0 Å². The van der Waals surface area contributed by atoms with Crippen LogP contribution < -0.4 is 10.1 Å². The number of nitrogens with zero attached hydrogens (tertiary/aromatic N) is 1. The average Bonchev–Trinajstić information content (AvgIpc) is 2.54. The Bertz CT molecular complexity index is 478. The maximum atomic E-state index is 12.3. The van der Waals surface area contributed by atoms with Crippen molar-refractivity contribution >= 4 is 5.91 Å². The zero-order chi connectivity index (χ0) is 14.7. The van der Waals surface area contributed by atoms with E-state index in [-0.39, 0.29) is 5.91 Å². The molecular weight excluding hydrogens is 264 g/mol. The van der Waals surface area contributed by atoms with Gasteiger partial charge in [0.05, 0.1) is 6.61 Å². The second-order valence-corrected chi connectivity index (χ2v) is 6.09. The van der Waals surface area contributed by atoms with Crippen LogP contribution in [0.5, 0.6) is 5.75 Å². The van der Waals surface area contributed by atoms with Crippen molar-refractivity contribution in [2.24, 2.45) is 5.92 Å². The van der Waals surface area contributed by atoms with Gasteiger partial charge in [-0.05, 0) is 62.5 Å². The van der Waals surface area contributed by atoms with Gasteiger partial charge in [0.1, 0.15) is 5.75 Å². The highest BCUT2D eigenvalue weighted by Gasteiger charge is 2.34. The van der Waals surface area contributed by atoms with E-state index in [0.717, 1.165) is 24.3 Å². The van der Waals surface area contributed by atoms with Gasteiger partial charge in [-0.2, -0.15) is 0 Å². The van der Waals surface area contributed by atoms with E-state index in [1.807, 2.05) is 24.3 Å². The predicted octanol–water partition coefficient (Wildman–Crippen LogP) is 2.30. The SMILES string of the molecule is CCCOc1ccc(C(=O)NC2CN3CCC2CC3)cc1. The minimum absolute atomic E-state index is 0.0378. The van der Waals surface area contributed by atoms with Gasteiger partial charge in [-0.15, -0.1) is 0 Å². The third-order valence-electron chi connectivity index (χ3n) is 4.56. The van der Waals surface area contributed by atoms with Gasteiger partial charge in [0, 0.05) is 18.2 Å². The third-order valence-corrected chi connectivity index (χ3v) is 4.56. The molecule has 1 N–H and O–H groups in total. The van der Waals surface area contributed by atoms with E-state index in [9.17, 15) is 4.79 Å². The van der Waals surface area contributed by atoms with Gasteiger partial charge in [0.25, 0.3) is 5.91 Å². The second-order valence-electron chi connectivity index (χ2n) is 6.09. The van der Waals surface area contributed by atoms with E-state index in [2.05, 4.69) is 17.1 Å². The number of nitrogens with one attached hydrogen (secondary N) is 1. The molecule has 21 heavy (non-hydrogen) atoms. The largest absolute Gasteiger partial charge is 0.494 e. The Morgan fingerprint density at radius 2 is 2.00 bits per heavy atom. The molecule has 0 aromatic heterocycles. The van der Waals surface area contributed by atoms with Crippen LogP contribution in [0.3, 0.4) is 0 Å². The molecule has 4 nitrogen and oxygen atoms in total. The van der Waals surface area contributed by atoms with Gasteiger partial charge in [0.2, 0.25) is 0 Å². The number of amides is 1. The van der Waals surface area contributed by atoms with Crippen molar-refractivity contribution in [3.63, 3.8) is 0 Å². The zero-order valence-corrected chi connectivity index (χ0v) is 12.7. The molecule has 114 valence electrons. The summed E-state index contributed by atoms with van der Waals surface area (Å²) < 4.78 is 5.54. The first-order chi connectivity index (χ1) is 10.3. The van der Waals surface area contributed by atoms with Gasteiger partial charge in [0.15, 0.2) is 0 Å². The van der Waals surface area contributed by atoms with E-state index in [4.69, 9.17) is 4.74 Å². The standard InChI is InChI=1S/C17H24N2O2/c1-2-11-21-15-5-3-14(4-6-15)17(20)18-16-12-19-9-7-13(16)8-10-19/h3-6,13,16H,2,7-12H2,1H3,(H,18,20). The summed E-state index contributed by atoms with van der Waals surface area (Å²) in [5, 5.41) is 3.21. The summed E-state index contributed by atoms with van der Waals surface area (Å²) in [4.78, 5) is 14.8. The molecule has 4 rings (SSSR count). The Hall–Kier alpha value is -1.55. The van der Waals surface area contributed by atoms with Crippen molar-refractivity contribution in [3.8, 4) is 5.75 Å². The van der Waals surface area contributed by atoms with E-state index < -0.39 is 0 Å². The summed E-state index contributed by atoms with van der Waals surface area (Å²) in [5.41, 5.74) is 0.718. The highest BCUT2D eigenvalue weighted by atomic mass is 16.5. The fraction of sp³-hybridized carbons (Fsp3) is 0.588. The fourth-order valence-electron chi connectivity index (χ4n) is 3.30. The molecule has 1 unspecified atom stereocenters. The number of benzene rings is 1. The van der Waals surface area contributed by atoms with Crippen LogP contribution in [0.4, 0.5) is 0 Å². The predicted molar refractivity (Wildman–Crippen MR) is 82.6 cm³/mol. The zero-order valence-electron chi connectivity index (χ0n) is 12.7. The molecule has 3 aliphatic rings. The molecular formula is C17H24N2O2. The van der Waals surface area contributed by atoms with Crippen LogP contribution in [0.1, 0.15) is 36.5 Å². The van der Waals surface area contributed by atoms with Gasteiger partial charge in [-0.3, -0.25) is 4.79 Å². The first kappa shape index (κ1) is 14.4. The molecule has 0 spiro atoms. The Kier molecular flexibility index (Phi) is 4.44. The van der Waals surface area contributed by atoms with E-state index in [1.165, 1.54) is 25.9 Å². The van der Waals surface area contributed by atoms with Crippen LogP contribution in [0, 0.1) is 5.92 Å². The smallest absolute Gasteiger partial charge is 0.251 e. The number of carbonyl (C=O) groups excluding carboxylic acids is 1. The topological polar surface area (TPSA) is 41.6 Å². The number of ether oxygens (including phenoxy) is 1. The summed E-state index contributed by atoms with van der Waals surface area (Å²) in [7, 11) is 0. The quantitative estimate of drug-likeness (QED) is 0.904. The van der Waals surface area contributed by atoms with Crippen molar-refractivity contribution in [1.82, 2.24) is 10.2 Å². The van der Waals surface area contributed by atoms with Crippen LogP contribution in [-0.4, -0.2) is 43.1 Å². The lowest BCUT2D eigenvalue weighted by atomic mass is 9.84. The molecule has 3 fully saturated rings. The highest BCUT2D eigenvalue weighted by molar-refractivity contribution is 5.94. The molecule has 4 heteroatoms. The first-order valence-electron chi connectivity index (χ1n) is 8.02. The summed E-state index contributed by atoms with van der Waals surface area (Å²) in [5.74, 6) is 1.53. The van der Waals surface area contributed by atoms with Crippen LogP contribution in [0.25, 0.3) is 0 Å². The molecule has 1 aromatic carbocycles. The minimum Gasteiger partial charge on any atom is -0.494 e. The van der Waals surface area contributed by atoms with Gasteiger partial charge in [-0.1, -0.05) is 6.92 Å². The number of rotatable bonds is 5. The molecule has 3 heterocycles. The lowest BCUT2D eigenvalue weighted by Gasteiger charge is -2.44. The average molecular weight is 288 g/mol. The van der Waals surface area contributed by atoms with Crippen molar-refractivity contribution in [2.75, 3.05) is 26.2 Å². The molecule has 2 bridgehead atoms.